The number of rotatable bonds is 12. The monoisotopic (exact) mass is 535 g/mol. The normalized spacial score (nSPS) is 12.5. The van der Waals surface area contributed by atoms with E-state index in [1.54, 1.807) is 30.3 Å². The van der Waals surface area contributed by atoms with E-state index in [0.717, 1.165) is 16.1 Å². The van der Waals surface area contributed by atoms with Gasteiger partial charge in [-0.15, -0.1) is 0 Å². The molecule has 9 heteroatoms. The lowest BCUT2D eigenvalue weighted by Crippen LogP contribution is -2.52. The minimum Gasteiger partial charge on any atom is -0.354 e. The van der Waals surface area contributed by atoms with E-state index in [1.807, 2.05) is 39.0 Å². The summed E-state index contributed by atoms with van der Waals surface area (Å²) in [4.78, 5) is 28.2. The number of nitrogens with one attached hydrogen (secondary N) is 1. The molecule has 2 amide bonds. The number of benzene rings is 2. The lowest BCUT2D eigenvalue weighted by Gasteiger charge is -2.33. The van der Waals surface area contributed by atoms with E-state index in [2.05, 4.69) is 19.2 Å². The van der Waals surface area contributed by atoms with Gasteiger partial charge >= 0.3 is 0 Å². The molecular weight excluding hydrogens is 498 g/mol. The van der Waals surface area contributed by atoms with E-state index in [1.165, 1.54) is 4.90 Å². The molecule has 0 heterocycles. The second kappa shape index (κ2) is 13.1. The number of amides is 2. The highest BCUT2D eigenvalue weighted by atomic mass is 35.5. The molecule has 0 bridgehead atoms. The van der Waals surface area contributed by atoms with Gasteiger partial charge in [0, 0.05) is 18.1 Å². The fourth-order valence-electron chi connectivity index (χ4n) is 3.79. The second-order valence-electron chi connectivity index (χ2n) is 9.69. The Labute approximate surface area is 220 Å². The first-order valence-corrected chi connectivity index (χ1v) is 14.5. The van der Waals surface area contributed by atoms with Crippen LogP contribution in [0.3, 0.4) is 0 Å². The number of sulfonamides is 1. The maximum Gasteiger partial charge on any atom is 0.244 e. The predicted octanol–water partition coefficient (Wildman–Crippen LogP) is 4.81. The minimum atomic E-state index is -3.78. The molecule has 36 heavy (non-hydrogen) atoms. The highest BCUT2D eigenvalue weighted by Gasteiger charge is 2.32. The average Bonchev–Trinajstić information content (AvgIpc) is 2.81. The van der Waals surface area contributed by atoms with Crippen LogP contribution in [0.1, 0.15) is 58.1 Å². The molecule has 1 N–H and O–H groups in total. The number of nitrogens with zero attached hydrogens (tertiary/aromatic N) is 2. The largest absolute Gasteiger partial charge is 0.354 e. The second-order valence-corrected chi connectivity index (χ2v) is 12.0. The summed E-state index contributed by atoms with van der Waals surface area (Å²) in [6.07, 6.45) is 1.43. The molecule has 0 fully saturated rings. The Hall–Kier alpha value is -2.58. The third kappa shape index (κ3) is 8.23. The molecule has 2 aromatic carbocycles. The lowest BCUT2D eigenvalue weighted by atomic mass is 10.0. The van der Waals surface area contributed by atoms with Gasteiger partial charge in [-0.2, -0.15) is 0 Å². The Morgan fingerprint density at radius 1 is 1.00 bits per heavy atom. The van der Waals surface area contributed by atoms with Crippen LogP contribution < -0.4 is 9.62 Å². The first-order chi connectivity index (χ1) is 16.8. The van der Waals surface area contributed by atoms with E-state index in [4.69, 9.17) is 11.6 Å². The minimum absolute atomic E-state index is 0.0794. The zero-order chi connectivity index (χ0) is 27.0. The standard InChI is InChI=1S/C27H38ClN3O4S/c1-7-25(27(33)29-16-19(2)3)30(17-22-10-8-9-11-24(22)28)26(32)18-31(36(6,34)35)23-14-12-21(13-15-23)20(4)5/h8-15,19-20,25H,7,16-18H2,1-6H3,(H,29,33)/t25-/m1/s1. The van der Waals surface area contributed by atoms with Gasteiger partial charge in [0.15, 0.2) is 0 Å². The fourth-order valence-corrected chi connectivity index (χ4v) is 4.84. The number of anilines is 1. The van der Waals surface area contributed by atoms with Crippen LogP contribution in [-0.2, 0) is 26.2 Å². The molecule has 7 nitrogen and oxygen atoms in total. The van der Waals surface area contributed by atoms with E-state index in [0.29, 0.717) is 29.2 Å². The molecule has 198 valence electrons. The summed E-state index contributed by atoms with van der Waals surface area (Å²) in [6, 6.07) is 13.5. The van der Waals surface area contributed by atoms with Crippen molar-refractivity contribution in [3.63, 3.8) is 0 Å². The van der Waals surface area contributed by atoms with Crippen LogP contribution in [0.2, 0.25) is 5.02 Å². The molecule has 0 aliphatic rings. The van der Waals surface area contributed by atoms with Gasteiger partial charge < -0.3 is 10.2 Å². The molecule has 0 aliphatic carbocycles. The quantitative estimate of drug-likeness (QED) is 0.422. The van der Waals surface area contributed by atoms with Gasteiger partial charge in [0.25, 0.3) is 0 Å². The van der Waals surface area contributed by atoms with Gasteiger partial charge in [-0.3, -0.25) is 13.9 Å². The summed E-state index contributed by atoms with van der Waals surface area (Å²) in [5.74, 6) is -0.236. The van der Waals surface area contributed by atoms with Gasteiger partial charge in [-0.25, -0.2) is 8.42 Å². The Kier molecular flexibility index (Phi) is 10.8. The average molecular weight is 536 g/mol. The molecule has 2 rings (SSSR count). The van der Waals surface area contributed by atoms with Crippen molar-refractivity contribution in [3.05, 3.63) is 64.7 Å². The molecule has 0 radical (unpaired) electrons. The van der Waals surface area contributed by atoms with Crippen LogP contribution in [0, 0.1) is 5.92 Å². The summed E-state index contributed by atoms with van der Waals surface area (Å²) in [5, 5.41) is 3.37. The maximum atomic E-state index is 13.7. The number of hydrogen-bond acceptors (Lipinski definition) is 4. The van der Waals surface area contributed by atoms with Gasteiger partial charge in [0.1, 0.15) is 12.6 Å². The van der Waals surface area contributed by atoms with E-state index in [9.17, 15) is 18.0 Å². The van der Waals surface area contributed by atoms with E-state index < -0.39 is 28.5 Å². The number of hydrogen-bond donors (Lipinski definition) is 1. The van der Waals surface area contributed by atoms with Gasteiger partial charge in [-0.1, -0.05) is 76.6 Å². The van der Waals surface area contributed by atoms with Crippen molar-refractivity contribution in [2.24, 2.45) is 5.92 Å². The van der Waals surface area contributed by atoms with Crippen LogP contribution in [0.15, 0.2) is 48.5 Å². The van der Waals surface area contributed by atoms with Crippen molar-refractivity contribution in [3.8, 4) is 0 Å². The molecule has 0 saturated carbocycles. The Balaban J connectivity index is 2.43. The molecule has 0 unspecified atom stereocenters. The highest BCUT2D eigenvalue weighted by Crippen LogP contribution is 2.24. The number of carbonyl (C=O) groups excluding carboxylic acids is 2. The molecule has 0 spiro atoms. The first kappa shape index (κ1) is 29.6. The molecule has 0 aromatic heterocycles. The Morgan fingerprint density at radius 3 is 2.11 bits per heavy atom. The van der Waals surface area contributed by atoms with Crippen molar-refractivity contribution >= 4 is 39.1 Å². The predicted molar refractivity (Wildman–Crippen MR) is 147 cm³/mol. The van der Waals surface area contributed by atoms with Crippen LogP contribution in [0.5, 0.6) is 0 Å². The molecule has 1 atom stereocenters. The van der Waals surface area contributed by atoms with Crippen LogP contribution in [-0.4, -0.2) is 50.5 Å². The van der Waals surface area contributed by atoms with Crippen molar-refractivity contribution in [2.75, 3.05) is 23.7 Å². The lowest BCUT2D eigenvalue weighted by molar-refractivity contribution is -0.140. The first-order valence-electron chi connectivity index (χ1n) is 12.2. The third-order valence-electron chi connectivity index (χ3n) is 5.90. The van der Waals surface area contributed by atoms with Crippen LogP contribution in [0.25, 0.3) is 0 Å². The topological polar surface area (TPSA) is 86.8 Å². The molecule has 0 aliphatic heterocycles. The van der Waals surface area contributed by atoms with Gasteiger partial charge in [-0.05, 0) is 47.6 Å². The zero-order valence-corrected chi connectivity index (χ0v) is 23.6. The van der Waals surface area contributed by atoms with Crippen molar-refractivity contribution in [1.29, 1.82) is 0 Å². The summed E-state index contributed by atoms with van der Waals surface area (Å²) < 4.78 is 26.5. The van der Waals surface area contributed by atoms with Crippen molar-refractivity contribution < 1.29 is 18.0 Å². The highest BCUT2D eigenvalue weighted by molar-refractivity contribution is 7.92. The van der Waals surface area contributed by atoms with Crippen molar-refractivity contribution in [2.45, 2.75) is 59.5 Å². The fraction of sp³-hybridized carbons (Fsp3) is 0.481. The summed E-state index contributed by atoms with van der Waals surface area (Å²) in [5.41, 5.74) is 2.13. The molecule has 2 aromatic rings. The van der Waals surface area contributed by atoms with E-state index >= 15 is 0 Å². The molecular formula is C27H38ClN3O4S. The molecule has 0 saturated heterocycles. The zero-order valence-electron chi connectivity index (χ0n) is 22.0. The van der Waals surface area contributed by atoms with Gasteiger partial charge in [0.05, 0.1) is 11.9 Å². The number of carbonyl (C=O) groups is 2. The van der Waals surface area contributed by atoms with Gasteiger partial charge in [0.2, 0.25) is 21.8 Å². The van der Waals surface area contributed by atoms with Crippen molar-refractivity contribution in [1.82, 2.24) is 10.2 Å². The van der Waals surface area contributed by atoms with Crippen LogP contribution in [0.4, 0.5) is 5.69 Å². The van der Waals surface area contributed by atoms with Crippen LogP contribution >= 0.6 is 11.6 Å². The Bertz CT molecular complexity index is 1130. The summed E-state index contributed by atoms with van der Waals surface area (Å²) in [7, 11) is -3.78. The maximum absolute atomic E-state index is 13.7. The summed E-state index contributed by atoms with van der Waals surface area (Å²) >= 11 is 6.37. The number of halogens is 1. The summed E-state index contributed by atoms with van der Waals surface area (Å²) in [6.45, 7) is 10.0. The Morgan fingerprint density at radius 2 is 1.61 bits per heavy atom. The third-order valence-corrected chi connectivity index (χ3v) is 7.41. The smallest absolute Gasteiger partial charge is 0.244 e. The van der Waals surface area contributed by atoms with E-state index in [-0.39, 0.29) is 24.3 Å². The SMILES string of the molecule is CC[C@H](C(=O)NCC(C)C)N(Cc1ccccc1Cl)C(=O)CN(c1ccc(C(C)C)cc1)S(C)(=O)=O.